The lowest BCUT2D eigenvalue weighted by Crippen LogP contribution is -2.36. The average molecular weight is 280 g/mol. The third-order valence-corrected chi connectivity index (χ3v) is 3.07. The molecule has 0 amide bonds. The van der Waals surface area contributed by atoms with Crippen molar-refractivity contribution in [1.29, 1.82) is 5.39 Å². The van der Waals surface area contributed by atoms with E-state index in [2.05, 4.69) is 9.88 Å². The van der Waals surface area contributed by atoms with Crippen molar-refractivity contribution in [2.45, 2.75) is 0 Å². The van der Waals surface area contributed by atoms with Gasteiger partial charge in [0.15, 0.2) is 10.7 Å². The first kappa shape index (κ1) is 14.4. The number of diazo groups is 1. The molecule has 1 aromatic carbocycles. The van der Waals surface area contributed by atoms with Crippen LogP contribution in [-0.2, 0) is 4.74 Å². The van der Waals surface area contributed by atoms with Gasteiger partial charge in [0, 0.05) is 19.2 Å². The van der Waals surface area contributed by atoms with Crippen molar-refractivity contribution in [1.82, 2.24) is 0 Å². The molecular formula is C13H18N3O4+. The molecule has 20 heavy (non-hydrogen) atoms. The van der Waals surface area contributed by atoms with Crippen LogP contribution in [-0.4, -0.2) is 51.7 Å². The summed E-state index contributed by atoms with van der Waals surface area (Å²) in [5, 5.41) is 17.9. The number of ether oxygens (including phenoxy) is 3. The van der Waals surface area contributed by atoms with Gasteiger partial charge in [-0.1, -0.05) is 0 Å². The molecule has 1 fully saturated rings. The van der Waals surface area contributed by atoms with Gasteiger partial charge in [0.05, 0.1) is 38.7 Å². The molecule has 7 heteroatoms. The first-order valence-corrected chi connectivity index (χ1v) is 6.43. The van der Waals surface area contributed by atoms with E-state index in [0.29, 0.717) is 24.7 Å². The van der Waals surface area contributed by atoms with E-state index >= 15 is 0 Å². The van der Waals surface area contributed by atoms with Crippen molar-refractivity contribution in [2.75, 3.05) is 51.5 Å². The molecule has 1 heterocycles. The number of benzene rings is 1. The van der Waals surface area contributed by atoms with Crippen molar-refractivity contribution in [2.24, 2.45) is 0 Å². The second-order valence-electron chi connectivity index (χ2n) is 4.26. The summed E-state index contributed by atoms with van der Waals surface area (Å²) < 4.78 is 16.1. The minimum atomic E-state index is -0.107. The van der Waals surface area contributed by atoms with Gasteiger partial charge in [-0.2, -0.15) is 0 Å². The molecule has 0 bridgehead atoms. The standard InChI is InChI=1S/C13H18N3O4/c1-18-13-8-10(15-14)12(20-7-4-17)9-11(13)16-2-5-19-6-3-16/h8-9,17H,2-7H2,1H3/q+1. The molecule has 1 aliphatic heterocycles. The normalized spacial score (nSPS) is 14.8. The van der Waals surface area contributed by atoms with Gasteiger partial charge in [0.25, 0.3) is 0 Å². The van der Waals surface area contributed by atoms with Crippen LogP contribution in [0, 0.1) is 5.39 Å². The zero-order valence-electron chi connectivity index (χ0n) is 11.4. The number of aliphatic hydroxyl groups excluding tert-OH is 1. The first-order chi connectivity index (χ1) is 9.80. The highest BCUT2D eigenvalue weighted by molar-refractivity contribution is 5.72. The van der Waals surface area contributed by atoms with Crippen LogP contribution in [0.5, 0.6) is 11.5 Å². The topological polar surface area (TPSA) is 79.3 Å². The largest absolute Gasteiger partial charge is 0.494 e. The average Bonchev–Trinajstić information content (AvgIpc) is 2.52. The Hall–Kier alpha value is -2.04. The lowest BCUT2D eigenvalue weighted by atomic mass is 10.2. The predicted octanol–water partition coefficient (Wildman–Crippen LogP) is 1.39. The number of nitrogens with zero attached hydrogens (tertiary/aromatic N) is 3. The highest BCUT2D eigenvalue weighted by Crippen LogP contribution is 2.40. The Kier molecular flexibility index (Phi) is 4.98. The molecule has 0 unspecified atom stereocenters. The SMILES string of the molecule is COc1cc([N+]#N)c(OCCO)cc1N1CCOCC1. The van der Waals surface area contributed by atoms with E-state index in [-0.39, 0.29) is 18.9 Å². The fraction of sp³-hybridized carbons (Fsp3) is 0.538. The first-order valence-electron chi connectivity index (χ1n) is 6.43. The fourth-order valence-electron chi connectivity index (χ4n) is 2.10. The van der Waals surface area contributed by atoms with E-state index in [0.717, 1.165) is 18.8 Å². The number of aliphatic hydroxyl groups is 1. The Morgan fingerprint density at radius 3 is 2.70 bits per heavy atom. The van der Waals surface area contributed by atoms with Gasteiger partial charge < -0.3 is 24.2 Å². The highest BCUT2D eigenvalue weighted by atomic mass is 16.5. The Morgan fingerprint density at radius 1 is 1.35 bits per heavy atom. The van der Waals surface area contributed by atoms with Crippen LogP contribution in [0.2, 0.25) is 0 Å². The number of anilines is 1. The molecule has 0 atom stereocenters. The maximum absolute atomic E-state index is 9.03. The van der Waals surface area contributed by atoms with Crippen LogP contribution in [0.1, 0.15) is 0 Å². The molecule has 0 radical (unpaired) electrons. The lowest BCUT2D eigenvalue weighted by molar-refractivity contribution is 0.122. The summed E-state index contributed by atoms with van der Waals surface area (Å²) in [6.45, 7) is 2.85. The van der Waals surface area contributed by atoms with Crippen molar-refractivity contribution < 1.29 is 19.3 Å². The fourth-order valence-corrected chi connectivity index (χ4v) is 2.10. The number of methoxy groups -OCH3 is 1. The van der Waals surface area contributed by atoms with Crippen LogP contribution in [0.25, 0.3) is 4.98 Å². The summed E-state index contributed by atoms with van der Waals surface area (Å²) in [6.07, 6.45) is 0. The second-order valence-corrected chi connectivity index (χ2v) is 4.26. The summed E-state index contributed by atoms with van der Waals surface area (Å²) in [4.78, 5) is 5.31. The Balaban J connectivity index is 2.35. The summed E-state index contributed by atoms with van der Waals surface area (Å²) >= 11 is 0. The van der Waals surface area contributed by atoms with Crippen molar-refractivity contribution in [3.05, 3.63) is 17.1 Å². The number of rotatable bonds is 5. The summed E-state index contributed by atoms with van der Waals surface area (Å²) in [5.74, 6) is 1.01. The molecule has 1 aliphatic rings. The van der Waals surface area contributed by atoms with E-state index < -0.39 is 0 Å². The summed E-state index contributed by atoms with van der Waals surface area (Å²) in [5.41, 5.74) is 1.13. The van der Waals surface area contributed by atoms with Crippen molar-refractivity contribution in [3.8, 4) is 11.5 Å². The number of hydrogen-bond donors (Lipinski definition) is 1. The van der Waals surface area contributed by atoms with Gasteiger partial charge in [-0.3, -0.25) is 0 Å². The Labute approximate surface area is 117 Å². The second kappa shape index (κ2) is 6.93. The zero-order valence-corrected chi connectivity index (χ0v) is 11.4. The van der Waals surface area contributed by atoms with E-state index in [1.807, 2.05) is 0 Å². The lowest BCUT2D eigenvalue weighted by Gasteiger charge is -2.29. The third-order valence-electron chi connectivity index (χ3n) is 3.07. The molecule has 1 aromatic rings. The maximum Gasteiger partial charge on any atom is 0.430 e. The van der Waals surface area contributed by atoms with Crippen LogP contribution in [0.15, 0.2) is 12.1 Å². The predicted molar refractivity (Wildman–Crippen MR) is 73.4 cm³/mol. The van der Waals surface area contributed by atoms with E-state index in [4.69, 9.17) is 24.7 Å². The molecule has 108 valence electrons. The third kappa shape index (κ3) is 3.10. The molecule has 1 N–H and O–H groups in total. The van der Waals surface area contributed by atoms with Crippen LogP contribution in [0.4, 0.5) is 11.4 Å². The Bertz CT molecular complexity index is 495. The van der Waals surface area contributed by atoms with E-state index in [1.54, 1.807) is 19.2 Å². The van der Waals surface area contributed by atoms with Crippen molar-refractivity contribution >= 4 is 11.4 Å². The van der Waals surface area contributed by atoms with Gasteiger partial charge in [0.1, 0.15) is 6.61 Å². The van der Waals surface area contributed by atoms with Gasteiger partial charge in [-0.25, -0.2) is 0 Å². The van der Waals surface area contributed by atoms with Gasteiger partial charge in [-0.05, 0) is 0 Å². The minimum Gasteiger partial charge on any atom is -0.494 e. The molecule has 2 rings (SSSR count). The van der Waals surface area contributed by atoms with Gasteiger partial charge in [0.2, 0.25) is 11.1 Å². The minimum absolute atomic E-state index is 0.107. The van der Waals surface area contributed by atoms with Crippen LogP contribution in [0.3, 0.4) is 0 Å². The highest BCUT2D eigenvalue weighted by Gasteiger charge is 2.24. The number of morpholine rings is 1. The molecule has 0 spiro atoms. The van der Waals surface area contributed by atoms with Crippen molar-refractivity contribution in [3.63, 3.8) is 0 Å². The smallest absolute Gasteiger partial charge is 0.430 e. The molecule has 1 saturated heterocycles. The van der Waals surface area contributed by atoms with E-state index in [9.17, 15) is 0 Å². The molecule has 0 aliphatic carbocycles. The molecule has 7 nitrogen and oxygen atoms in total. The monoisotopic (exact) mass is 280 g/mol. The number of hydrogen-bond acceptors (Lipinski definition) is 6. The quantitative estimate of drug-likeness (QED) is 0.821. The summed E-state index contributed by atoms with van der Waals surface area (Å²) in [6, 6.07) is 3.37. The summed E-state index contributed by atoms with van der Waals surface area (Å²) in [7, 11) is 1.56. The van der Waals surface area contributed by atoms with Crippen LogP contribution >= 0.6 is 0 Å². The maximum atomic E-state index is 9.03. The van der Waals surface area contributed by atoms with E-state index in [1.165, 1.54) is 0 Å². The zero-order chi connectivity index (χ0) is 14.4. The Morgan fingerprint density at radius 2 is 2.10 bits per heavy atom. The van der Waals surface area contributed by atoms with Gasteiger partial charge in [-0.15, -0.1) is 0 Å². The van der Waals surface area contributed by atoms with Gasteiger partial charge >= 0.3 is 5.69 Å². The molecular weight excluding hydrogens is 262 g/mol. The molecule has 0 saturated carbocycles. The van der Waals surface area contributed by atoms with Crippen LogP contribution < -0.4 is 14.4 Å². The molecule has 0 aromatic heterocycles.